The fraction of sp³-hybridized carbons (Fsp3) is 0.261. The quantitative estimate of drug-likeness (QED) is 0.531. The zero-order valence-electron chi connectivity index (χ0n) is 18.0. The monoisotopic (exact) mass is 507 g/mol. The van der Waals surface area contributed by atoms with E-state index in [9.17, 15) is 22.4 Å². The van der Waals surface area contributed by atoms with Gasteiger partial charge < -0.3 is 14.5 Å². The number of aromatic amines is 1. The Labute approximate surface area is 202 Å². The Morgan fingerprint density at radius 2 is 1.97 bits per heavy atom. The highest BCUT2D eigenvalue weighted by Gasteiger charge is 2.34. The number of carbonyl (C=O) groups excluding carboxylic acids is 1. The number of pyridine rings is 1. The highest BCUT2D eigenvalue weighted by Crippen LogP contribution is 2.33. The van der Waals surface area contributed by atoms with Crippen molar-refractivity contribution in [2.75, 3.05) is 26.2 Å². The molecule has 0 spiro atoms. The molecule has 1 aromatic carbocycles. The highest BCUT2D eigenvalue weighted by molar-refractivity contribution is 6.36. The summed E-state index contributed by atoms with van der Waals surface area (Å²) in [6.07, 6.45) is -0.675. The predicted octanol–water partition coefficient (Wildman–Crippen LogP) is 4.44. The number of nitrogens with one attached hydrogen (secondary N) is 1. The van der Waals surface area contributed by atoms with Gasteiger partial charge in [-0.2, -0.15) is 22.7 Å². The molecule has 12 heteroatoms. The maximum Gasteiger partial charge on any atom is 0.417 e. The van der Waals surface area contributed by atoms with Crippen LogP contribution in [0.1, 0.15) is 21.6 Å². The minimum absolute atomic E-state index is 0.135. The molecule has 182 valence electrons. The molecule has 0 radical (unpaired) electrons. The summed E-state index contributed by atoms with van der Waals surface area (Å²) in [4.78, 5) is 20.8. The standard InChI is InChI=1S/C23H18ClF4N5O2/c24-20-15(17-9-30-31-21(17)25)2-1-3-16(20)22(34)33-7-6-32-11-19(35-12-14(32)10-33)18-5-4-13(8-29-18)23(26,27)28/h1-5,8-9,11,14H,6-7,10,12H2,(H,30,31)/t14-/m0/s1. The minimum Gasteiger partial charge on any atom is -0.488 e. The van der Waals surface area contributed by atoms with E-state index in [1.807, 2.05) is 4.90 Å². The van der Waals surface area contributed by atoms with Crippen molar-refractivity contribution < 1.29 is 27.1 Å². The van der Waals surface area contributed by atoms with Crippen molar-refractivity contribution in [1.82, 2.24) is 25.0 Å². The summed E-state index contributed by atoms with van der Waals surface area (Å²) < 4.78 is 58.1. The lowest BCUT2D eigenvalue weighted by atomic mass is 10.0. The van der Waals surface area contributed by atoms with E-state index in [1.165, 1.54) is 12.3 Å². The summed E-state index contributed by atoms with van der Waals surface area (Å²) in [5, 5.41) is 6.01. The number of ether oxygens (including phenoxy) is 1. The average molecular weight is 508 g/mol. The van der Waals surface area contributed by atoms with Crippen molar-refractivity contribution in [2.24, 2.45) is 0 Å². The molecule has 1 atom stereocenters. The summed E-state index contributed by atoms with van der Waals surface area (Å²) in [5.41, 5.74) is 0.246. The molecule has 5 rings (SSSR count). The number of amides is 1. The second kappa shape index (κ2) is 8.88. The summed E-state index contributed by atoms with van der Waals surface area (Å²) in [6.45, 7) is 1.45. The van der Waals surface area contributed by atoms with Gasteiger partial charge in [-0.05, 0) is 18.2 Å². The van der Waals surface area contributed by atoms with E-state index in [1.54, 1.807) is 29.3 Å². The van der Waals surface area contributed by atoms with Crippen LogP contribution in [-0.2, 0) is 10.9 Å². The molecule has 1 fully saturated rings. The second-order valence-corrected chi connectivity index (χ2v) is 8.52. The third kappa shape index (κ3) is 4.43. The molecule has 2 aromatic heterocycles. The first-order valence-corrected chi connectivity index (χ1v) is 11.0. The van der Waals surface area contributed by atoms with Gasteiger partial charge in [-0.1, -0.05) is 23.7 Å². The molecule has 1 N–H and O–H groups in total. The summed E-state index contributed by atoms with van der Waals surface area (Å²) in [6, 6.07) is 6.91. The number of halogens is 5. The van der Waals surface area contributed by atoms with Crippen molar-refractivity contribution in [3.8, 4) is 11.1 Å². The number of hydrogen-bond acceptors (Lipinski definition) is 5. The van der Waals surface area contributed by atoms with Crippen LogP contribution in [0.4, 0.5) is 17.6 Å². The molecular weight excluding hydrogens is 490 g/mol. The number of piperazine rings is 1. The van der Waals surface area contributed by atoms with Gasteiger partial charge in [0.15, 0.2) is 5.76 Å². The van der Waals surface area contributed by atoms with Crippen molar-refractivity contribution in [2.45, 2.75) is 12.2 Å². The number of nitrogens with zero attached hydrogens (tertiary/aromatic N) is 4. The van der Waals surface area contributed by atoms with Crippen LogP contribution < -0.4 is 0 Å². The van der Waals surface area contributed by atoms with Gasteiger partial charge >= 0.3 is 6.18 Å². The van der Waals surface area contributed by atoms with Gasteiger partial charge in [-0.15, -0.1) is 0 Å². The first kappa shape index (κ1) is 23.2. The van der Waals surface area contributed by atoms with E-state index < -0.39 is 17.7 Å². The smallest absolute Gasteiger partial charge is 0.417 e. The van der Waals surface area contributed by atoms with Crippen LogP contribution in [0.15, 0.2) is 48.9 Å². The summed E-state index contributed by atoms with van der Waals surface area (Å²) in [7, 11) is 0. The van der Waals surface area contributed by atoms with Crippen molar-refractivity contribution in [1.29, 1.82) is 0 Å². The molecule has 4 heterocycles. The van der Waals surface area contributed by atoms with Crippen molar-refractivity contribution in [3.63, 3.8) is 0 Å². The lowest BCUT2D eigenvalue weighted by Gasteiger charge is -2.43. The Bertz CT molecular complexity index is 1290. The molecule has 0 saturated carbocycles. The zero-order valence-corrected chi connectivity index (χ0v) is 18.8. The molecule has 7 nitrogen and oxygen atoms in total. The summed E-state index contributed by atoms with van der Waals surface area (Å²) in [5.74, 6) is -0.568. The van der Waals surface area contributed by atoms with Crippen LogP contribution >= 0.6 is 11.6 Å². The topological polar surface area (TPSA) is 74.4 Å². The Balaban J connectivity index is 1.30. The number of fused-ring (bicyclic) bond motifs is 1. The van der Waals surface area contributed by atoms with Crippen LogP contribution in [0.25, 0.3) is 16.9 Å². The molecule has 0 aliphatic carbocycles. The van der Waals surface area contributed by atoms with E-state index in [2.05, 4.69) is 15.2 Å². The Hall–Kier alpha value is -3.60. The first-order chi connectivity index (χ1) is 16.7. The fourth-order valence-electron chi connectivity index (χ4n) is 4.13. The molecule has 0 unspecified atom stereocenters. The number of aromatic nitrogens is 3. The first-order valence-electron chi connectivity index (χ1n) is 10.6. The third-order valence-electron chi connectivity index (χ3n) is 5.99. The van der Waals surface area contributed by atoms with E-state index in [0.29, 0.717) is 36.7 Å². The average Bonchev–Trinajstić information content (AvgIpc) is 3.28. The van der Waals surface area contributed by atoms with Gasteiger partial charge in [-0.25, -0.2) is 0 Å². The van der Waals surface area contributed by atoms with Gasteiger partial charge in [0.1, 0.15) is 12.3 Å². The molecule has 35 heavy (non-hydrogen) atoms. The number of rotatable bonds is 3. The zero-order chi connectivity index (χ0) is 24.7. The second-order valence-electron chi connectivity index (χ2n) is 8.14. The largest absolute Gasteiger partial charge is 0.488 e. The number of H-pyrrole nitrogens is 1. The normalized spacial score (nSPS) is 18.1. The Morgan fingerprint density at radius 1 is 1.14 bits per heavy atom. The van der Waals surface area contributed by atoms with Gasteiger partial charge in [0.2, 0.25) is 5.95 Å². The van der Waals surface area contributed by atoms with E-state index in [-0.39, 0.29) is 34.7 Å². The molecule has 2 aliphatic rings. The maximum atomic E-state index is 14.0. The highest BCUT2D eigenvalue weighted by atomic mass is 35.5. The SMILES string of the molecule is O=C(c1cccc(-c2cn[nH]c2F)c1Cl)N1CCN2C=C(c3ccc(C(F)(F)F)cn3)OC[C@@H]2C1. The van der Waals surface area contributed by atoms with Crippen molar-refractivity contribution >= 4 is 23.3 Å². The summed E-state index contributed by atoms with van der Waals surface area (Å²) >= 11 is 6.47. The number of carbonyl (C=O) groups is 1. The molecule has 2 aliphatic heterocycles. The molecule has 1 saturated heterocycles. The van der Waals surface area contributed by atoms with Crippen LogP contribution in [0.3, 0.4) is 0 Å². The molecule has 0 bridgehead atoms. The molecular formula is C23H18ClF4N5O2. The number of benzene rings is 1. The van der Waals surface area contributed by atoms with Gasteiger partial charge in [0.05, 0.1) is 34.0 Å². The van der Waals surface area contributed by atoms with Gasteiger partial charge in [-0.3, -0.25) is 14.9 Å². The molecule has 1 amide bonds. The van der Waals surface area contributed by atoms with E-state index >= 15 is 0 Å². The van der Waals surface area contributed by atoms with Crippen LogP contribution in [-0.4, -0.2) is 63.2 Å². The molecule has 3 aromatic rings. The van der Waals surface area contributed by atoms with Crippen LogP contribution in [0, 0.1) is 5.95 Å². The van der Waals surface area contributed by atoms with Crippen molar-refractivity contribution in [3.05, 3.63) is 76.7 Å². The lowest BCUT2D eigenvalue weighted by Crippen LogP contribution is -2.55. The van der Waals surface area contributed by atoms with E-state index in [4.69, 9.17) is 16.3 Å². The lowest BCUT2D eigenvalue weighted by molar-refractivity contribution is -0.137. The van der Waals surface area contributed by atoms with Crippen LogP contribution in [0.5, 0.6) is 0 Å². The number of hydrogen-bond donors (Lipinski definition) is 1. The van der Waals surface area contributed by atoms with Gasteiger partial charge in [0.25, 0.3) is 5.91 Å². The Morgan fingerprint density at radius 3 is 2.66 bits per heavy atom. The minimum atomic E-state index is -4.46. The Kier molecular flexibility index (Phi) is 5.87. The maximum absolute atomic E-state index is 14.0. The third-order valence-corrected chi connectivity index (χ3v) is 6.39. The predicted molar refractivity (Wildman–Crippen MR) is 119 cm³/mol. The van der Waals surface area contributed by atoms with Gasteiger partial charge in [0, 0.05) is 37.6 Å². The van der Waals surface area contributed by atoms with E-state index in [0.717, 1.165) is 12.3 Å². The number of alkyl halides is 3. The fourth-order valence-corrected chi connectivity index (χ4v) is 4.44. The van der Waals surface area contributed by atoms with Crippen LogP contribution in [0.2, 0.25) is 5.02 Å².